The second kappa shape index (κ2) is 9.48. The molecule has 0 aliphatic heterocycles. The smallest absolute Gasteiger partial charge is 0.244 e. The number of aliphatic hydroxyl groups is 1. The molecule has 4 N–H and O–H groups in total. The van der Waals surface area contributed by atoms with Crippen LogP contribution in [0, 0.1) is 5.92 Å². The number of benzene rings is 2. The molecule has 2 amide bonds. The van der Waals surface area contributed by atoms with Gasteiger partial charge >= 0.3 is 0 Å². The molecule has 3 rings (SSSR count). The third-order valence-corrected chi connectivity index (χ3v) is 5.29. The molecule has 1 aliphatic carbocycles. The summed E-state index contributed by atoms with van der Waals surface area (Å²) in [4.78, 5) is 24.5. The first-order chi connectivity index (χ1) is 13.6. The van der Waals surface area contributed by atoms with Gasteiger partial charge in [0.25, 0.3) is 0 Å². The largest absolute Gasteiger partial charge is 0.390 e. The number of fused-ring (bicyclic) bond motifs is 1. The zero-order valence-electron chi connectivity index (χ0n) is 15.7. The minimum atomic E-state index is -0.682. The van der Waals surface area contributed by atoms with Crippen molar-refractivity contribution in [3.05, 3.63) is 71.3 Å². The van der Waals surface area contributed by atoms with Crippen molar-refractivity contribution >= 4 is 11.8 Å². The zero-order valence-corrected chi connectivity index (χ0v) is 15.7. The van der Waals surface area contributed by atoms with Gasteiger partial charge in [-0.05, 0) is 36.0 Å². The number of hydroxylamine groups is 1. The Kier molecular flexibility index (Phi) is 6.79. The normalized spacial score (nSPS) is 18.9. The summed E-state index contributed by atoms with van der Waals surface area (Å²) in [6, 6.07) is 17.1. The van der Waals surface area contributed by atoms with Crippen molar-refractivity contribution in [1.29, 1.82) is 0 Å². The number of amides is 2. The fraction of sp³-hybridized carbons (Fsp3) is 0.364. The summed E-state index contributed by atoms with van der Waals surface area (Å²) in [5.74, 6) is -1.44. The van der Waals surface area contributed by atoms with Gasteiger partial charge in [-0.1, -0.05) is 54.6 Å². The van der Waals surface area contributed by atoms with E-state index < -0.39 is 24.0 Å². The average molecular weight is 382 g/mol. The molecule has 3 atom stereocenters. The first-order valence-electron chi connectivity index (χ1n) is 9.61. The second-order valence-electron chi connectivity index (χ2n) is 7.27. The predicted octanol–water partition coefficient (Wildman–Crippen LogP) is 2.30. The highest BCUT2D eigenvalue weighted by Crippen LogP contribution is 2.31. The van der Waals surface area contributed by atoms with E-state index in [9.17, 15) is 14.7 Å². The lowest BCUT2D eigenvalue weighted by atomic mass is 9.94. The number of rotatable bonds is 8. The summed E-state index contributed by atoms with van der Waals surface area (Å²) >= 11 is 0. The van der Waals surface area contributed by atoms with Gasteiger partial charge in [0.1, 0.15) is 0 Å². The quantitative estimate of drug-likeness (QED) is 0.416. The Hall–Kier alpha value is -2.70. The van der Waals surface area contributed by atoms with Crippen LogP contribution in [0.3, 0.4) is 0 Å². The minimum absolute atomic E-state index is 0.0956. The highest BCUT2D eigenvalue weighted by atomic mass is 16.5. The van der Waals surface area contributed by atoms with Crippen LogP contribution in [-0.4, -0.2) is 28.2 Å². The molecule has 1 aliphatic rings. The molecule has 148 valence electrons. The Morgan fingerprint density at radius 1 is 1.07 bits per heavy atom. The molecular weight excluding hydrogens is 356 g/mol. The monoisotopic (exact) mass is 382 g/mol. The van der Waals surface area contributed by atoms with Crippen LogP contribution in [0.4, 0.5) is 0 Å². The molecule has 6 heteroatoms. The maximum atomic E-state index is 12.9. The van der Waals surface area contributed by atoms with Crippen molar-refractivity contribution < 1.29 is 19.9 Å². The third kappa shape index (κ3) is 4.97. The fourth-order valence-corrected chi connectivity index (χ4v) is 3.81. The lowest BCUT2D eigenvalue weighted by Crippen LogP contribution is -2.39. The van der Waals surface area contributed by atoms with Crippen LogP contribution in [0.25, 0.3) is 0 Å². The van der Waals surface area contributed by atoms with Crippen molar-refractivity contribution in [3.8, 4) is 0 Å². The molecule has 2 aromatic carbocycles. The molecule has 0 spiro atoms. The van der Waals surface area contributed by atoms with Crippen molar-refractivity contribution in [1.82, 2.24) is 10.8 Å². The molecular formula is C22H26N2O4. The molecule has 0 bridgehead atoms. The van der Waals surface area contributed by atoms with E-state index in [1.165, 1.54) is 5.56 Å². The molecule has 0 aromatic heterocycles. The number of nitrogens with one attached hydrogen (secondary N) is 2. The van der Waals surface area contributed by atoms with Gasteiger partial charge < -0.3 is 10.4 Å². The topological polar surface area (TPSA) is 98.7 Å². The number of hydrogen-bond donors (Lipinski definition) is 4. The lowest BCUT2D eigenvalue weighted by molar-refractivity contribution is -0.135. The fourth-order valence-electron chi connectivity index (χ4n) is 3.81. The molecule has 6 nitrogen and oxygen atoms in total. The van der Waals surface area contributed by atoms with Gasteiger partial charge in [0.05, 0.1) is 12.1 Å². The van der Waals surface area contributed by atoms with E-state index in [0.717, 1.165) is 24.0 Å². The SMILES string of the molecule is O=C(CC(CCCc1ccccc1)C(=O)NC1c2ccccc2CC1O)NO. The van der Waals surface area contributed by atoms with Crippen molar-refractivity contribution in [2.45, 2.75) is 44.2 Å². The average Bonchev–Trinajstić information content (AvgIpc) is 3.03. The minimum Gasteiger partial charge on any atom is -0.390 e. The van der Waals surface area contributed by atoms with Crippen LogP contribution in [0.5, 0.6) is 0 Å². The van der Waals surface area contributed by atoms with Crippen molar-refractivity contribution in [2.75, 3.05) is 0 Å². The Morgan fingerprint density at radius 3 is 2.54 bits per heavy atom. The highest BCUT2D eigenvalue weighted by molar-refractivity contribution is 5.85. The second-order valence-corrected chi connectivity index (χ2v) is 7.27. The maximum absolute atomic E-state index is 12.9. The summed E-state index contributed by atoms with van der Waals surface area (Å²) in [5, 5.41) is 22.1. The van der Waals surface area contributed by atoms with Gasteiger partial charge in [-0.2, -0.15) is 0 Å². The number of aliphatic hydroxyl groups excluding tert-OH is 1. The zero-order chi connectivity index (χ0) is 19.9. The van der Waals surface area contributed by atoms with Crippen LogP contribution < -0.4 is 10.8 Å². The first-order valence-corrected chi connectivity index (χ1v) is 9.61. The van der Waals surface area contributed by atoms with E-state index in [2.05, 4.69) is 5.32 Å². The van der Waals surface area contributed by atoms with Crippen LogP contribution in [0.15, 0.2) is 54.6 Å². The standard InChI is InChI=1S/C22H26N2O4/c25-19-13-16-10-4-5-12-18(16)21(19)23-22(27)17(14-20(26)24-28)11-6-9-15-7-2-1-3-8-15/h1-5,7-8,10,12,17,19,21,25,28H,6,9,11,13-14H2,(H,23,27)(H,24,26). The maximum Gasteiger partial charge on any atom is 0.244 e. The number of carbonyl (C=O) groups is 2. The molecule has 0 radical (unpaired) electrons. The Labute approximate surface area is 164 Å². The third-order valence-electron chi connectivity index (χ3n) is 5.29. The van der Waals surface area contributed by atoms with Crippen LogP contribution >= 0.6 is 0 Å². The number of aryl methyl sites for hydroxylation is 1. The van der Waals surface area contributed by atoms with Gasteiger partial charge in [0.2, 0.25) is 11.8 Å². The number of hydrogen-bond acceptors (Lipinski definition) is 4. The predicted molar refractivity (Wildman–Crippen MR) is 104 cm³/mol. The Bertz CT molecular complexity index is 809. The van der Waals surface area contributed by atoms with E-state index in [1.807, 2.05) is 54.6 Å². The number of carbonyl (C=O) groups excluding carboxylic acids is 2. The van der Waals surface area contributed by atoms with Gasteiger partial charge in [-0.15, -0.1) is 0 Å². The van der Waals surface area contributed by atoms with Gasteiger partial charge in [-0.25, -0.2) is 5.48 Å². The van der Waals surface area contributed by atoms with Gasteiger partial charge in [-0.3, -0.25) is 14.8 Å². The summed E-state index contributed by atoms with van der Waals surface area (Å²) < 4.78 is 0. The highest BCUT2D eigenvalue weighted by Gasteiger charge is 2.33. The molecule has 28 heavy (non-hydrogen) atoms. The molecule has 2 aromatic rings. The Morgan fingerprint density at radius 2 is 1.79 bits per heavy atom. The van der Waals surface area contributed by atoms with Crippen molar-refractivity contribution in [3.63, 3.8) is 0 Å². The van der Waals surface area contributed by atoms with E-state index in [-0.39, 0.29) is 12.3 Å². The summed E-state index contributed by atoms with van der Waals surface area (Å²) in [7, 11) is 0. The van der Waals surface area contributed by atoms with Crippen LogP contribution in [0.2, 0.25) is 0 Å². The van der Waals surface area contributed by atoms with Crippen LogP contribution in [-0.2, 0) is 22.4 Å². The molecule has 0 saturated heterocycles. The molecule has 0 saturated carbocycles. The first kappa shape index (κ1) is 20.0. The molecule has 0 fully saturated rings. The van der Waals surface area contributed by atoms with Crippen LogP contribution in [0.1, 0.15) is 42.0 Å². The Balaban J connectivity index is 1.64. The molecule has 3 unspecified atom stereocenters. The van der Waals surface area contributed by atoms with Crippen molar-refractivity contribution in [2.24, 2.45) is 5.92 Å². The summed E-state index contributed by atoms with van der Waals surface area (Å²) in [5.41, 5.74) is 4.72. The van der Waals surface area contributed by atoms with E-state index in [1.54, 1.807) is 5.48 Å². The molecule has 0 heterocycles. The van der Waals surface area contributed by atoms with Gasteiger partial charge in [0, 0.05) is 18.8 Å². The van der Waals surface area contributed by atoms with E-state index in [0.29, 0.717) is 12.8 Å². The van der Waals surface area contributed by atoms with E-state index >= 15 is 0 Å². The van der Waals surface area contributed by atoms with E-state index in [4.69, 9.17) is 5.21 Å². The summed E-state index contributed by atoms with van der Waals surface area (Å²) in [6.07, 6.45) is 1.78. The lowest BCUT2D eigenvalue weighted by Gasteiger charge is -2.22. The summed E-state index contributed by atoms with van der Waals surface area (Å²) in [6.45, 7) is 0. The van der Waals surface area contributed by atoms with Gasteiger partial charge in [0.15, 0.2) is 0 Å².